The molecule has 10 heteroatoms. The molecule has 158 valence electrons. The van der Waals surface area contributed by atoms with Gasteiger partial charge < -0.3 is 10.6 Å². The van der Waals surface area contributed by atoms with Crippen LogP contribution in [0.4, 0.5) is 5.95 Å². The first-order valence-corrected chi connectivity index (χ1v) is 10.9. The van der Waals surface area contributed by atoms with Crippen LogP contribution in [-0.2, 0) is 4.79 Å². The first-order valence-electron chi connectivity index (χ1n) is 10.1. The van der Waals surface area contributed by atoms with Crippen LogP contribution in [0.5, 0.6) is 0 Å². The Labute approximate surface area is 186 Å². The number of hydrogen-bond acceptors (Lipinski definition) is 7. The van der Waals surface area contributed by atoms with Crippen molar-refractivity contribution in [3.8, 4) is 5.69 Å². The van der Waals surface area contributed by atoms with Gasteiger partial charge >= 0.3 is 0 Å². The van der Waals surface area contributed by atoms with E-state index in [0.717, 1.165) is 41.4 Å². The van der Waals surface area contributed by atoms with Crippen molar-refractivity contribution in [1.29, 1.82) is 0 Å². The van der Waals surface area contributed by atoms with Crippen LogP contribution in [0.25, 0.3) is 27.8 Å². The molecule has 1 aliphatic carbocycles. The molecule has 1 fully saturated rings. The molecular formula is C21H21BrN8O. The van der Waals surface area contributed by atoms with Crippen LogP contribution >= 0.6 is 15.9 Å². The number of hydrogen-bond donors (Lipinski definition) is 2. The number of anilines is 1. The molecule has 0 saturated heterocycles. The van der Waals surface area contributed by atoms with Gasteiger partial charge in [0, 0.05) is 37.1 Å². The molecule has 2 atom stereocenters. The van der Waals surface area contributed by atoms with Gasteiger partial charge in [0.05, 0.1) is 22.1 Å². The van der Waals surface area contributed by atoms with Crippen molar-refractivity contribution in [2.45, 2.75) is 32.2 Å². The number of carbonyl (C=O) groups excluding carboxylic acids is 1. The lowest BCUT2D eigenvalue weighted by Gasteiger charge is -2.22. The summed E-state index contributed by atoms with van der Waals surface area (Å²) < 4.78 is 2.44. The van der Waals surface area contributed by atoms with E-state index in [0.29, 0.717) is 16.2 Å². The highest BCUT2D eigenvalue weighted by Gasteiger charge is 2.40. The molecule has 0 radical (unpaired) electrons. The maximum atomic E-state index is 12.2. The number of halogens is 1. The molecule has 1 aromatic carbocycles. The van der Waals surface area contributed by atoms with E-state index in [9.17, 15) is 4.79 Å². The summed E-state index contributed by atoms with van der Waals surface area (Å²) in [4.78, 5) is 30.1. The van der Waals surface area contributed by atoms with Gasteiger partial charge in [-0.25, -0.2) is 9.67 Å². The van der Waals surface area contributed by atoms with Crippen LogP contribution in [0.1, 0.15) is 26.2 Å². The first-order chi connectivity index (χ1) is 15.0. The molecule has 0 spiro atoms. The fraction of sp³-hybridized carbons (Fsp3) is 0.333. The minimum absolute atomic E-state index is 0.0783. The second kappa shape index (κ2) is 7.52. The lowest BCUT2D eigenvalue weighted by molar-refractivity contribution is -0.129. The largest absolute Gasteiger partial charge is 0.359 e. The van der Waals surface area contributed by atoms with E-state index < -0.39 is 0 Å². The zero-order valence-electron chi connectivity index (χ0n) is 17.1. The predicted molar refractivity (Wildman–Crippen MR) is 121 cm³/mol. The Hall–Kier alpha value is -3.14. The van der Waals surface area contributed by atoms with Crippen LogP contribution < -0.4 is 10.6 Å². The predicted octanol–water partition coefficient (Wildman–Crippen LogP) is 3.24. The van der Waals surface area contributed by atoms with Crippen LogP contribution in [0.3, 0.4) is 0 Å². The molecule has 9 nitrogen and oxygen atoms in total. The fourth-order valence-electron chi connectivity index (χ4n) is 4.26. The number of amides is 1. The number of fused-ring (bicyclic) bond motifs is 2. The van der Waals surface area contributed by atoms with E-state index in [-0.39, 0.29) is 17.4 Å². The lowest BCUT2D eigenvalue weighted by Crippen LogP contribution is -2.35. The molecule has 3 heterocycles. The van der Waals surface area contributed by atoms with Gasteiger partial charge in [0.25, 0.3) is 0 Å². The number of nitrogens with one attached hydrogen (secondary N) is 2. The number of aromatic nitrogens is 6. The lowest BCUT2D eigenvalue weighted by atomic mass is 9.87. The van der Waals surface area contributed by atoms with Gasteiger partial charge in [0.1, 0.15) is 4.60 Å². The molecule has 5 rings (SSSR count). The number of benzene rings is 1. The second-order valence-corrected chi connectivity index (χ2v) is 8.84. The normalized spacial score (nSPS) is 20.9. The molecule has 3 aromatic heterocycles. The summed E-state index contributed by atoms with van der Waals surface area (Å²) in [6.07, 6.45) is 7.55. The van der Waals surface area contributed by atoms with Crippen molar-refractivity contribution in [1.82, 2.24) is 35.0 Å². The van der Waals surface area contributed by atoms with E-state index >= 15 is 0 Å². The van der Waals surface area contributed by atoms with Crippen LogP contribution in [0, 0.1) is 5.41 Å². The third-order valence-corrected chi connectivity index (χ3v) is 6.51. The Bertz CT molecular complexity index is 1310. The van der Waals surface area contributed by atoms with E-state index in [4.69, 9.17) is 4.98 Å². The molecule has 0 bridgehead atoms. The smallest absolute Gasteiger partial charge is 0.225 e. The maximum absolute atomic E-state index is 12.2. The van der Waals surface area contributed by atoms with Gasteiger partial charge in [-0.05, 0) is 53.4 Å². The standard InChI is InChI=1S/C21H21BrN8O/c1-21(19(31)23-2)6-5-12(10-21)27-20-26-11-14-17(22)29-30(18(14)28-20)13-3-4-15-16(9-13)25-8-7-24-15/h3-4,7-9,11-12H,5-6,10H2,1-2H3,(H,23,31)(H,26,27,28)/t12-,21+/m1/s1. The Kier molecular flexibility index (Phi) is 4.81. The topological polar surface area (TPSA) is 111 Å². The summed E-state index contributed by atoms with van der Waals surface area (Å²) in [5.74, 6) is 0.600. The van der Waals surface area contributed by atoms with Gasteiger partial charge in [-0.15, -0.1) is 0 Å². The number of nitrogens with zero attached hydrogens (tertiary/aromatic N) is 6. The molecule has 1 saturated carbocycles. The average molecular weight is 481 g/mol. The highest BCUT2D eigenvalue weighted by Crippen LogP contribution is 2.39. The van der Waals surface area contributed by atoms with Crippen molar-refractivity contribution in [3.63, 3.8) is 0 Å². The molecule has 2 N–H and O–H groups in total. The third-order valence-electron chi connectivity index (χ3n) is 5.93. The van der Waals surface area contributed by atoms with E-state index in [2.05, 4.69) is 46.6 Å². The van der Waals surface area contributed by atoms with Crippen molar-refractivity contribution < 1.29 is 4.79 Å². The van der Waals surface area contributed by atoms with Crippen LogP contribution in [-0.4, -0.2) is 48.7 Å². The van der Waals surface area contributed by atoms with Gasteiger partial charge in [-0.1, -0.05) is 6.92 Å². The van der Waals surface area contributed by atoms with Crippen LogP contribution in [0.2, 0.25) is 0 Å². The monoisotopic (exact) mass is 480 g/mol. The number of rotatable bonds is 4. The molecule has 1 aliphatic rings. The Morgan fingerprint density at radius 1 is 1.23 bits per heavy atom. The van der Waals surface area contributed by atoms with Crippen molar-refractivity contribution in [2.75, 3.05) is 12.4 Å². The SMILES string of the molecule is CNC(=O)[C@@]1(C)CC[C@@H](Nc2ncc3c(Br)nn(-c4ccc5nccnc5c4)c3n2)C1. The summed E-state index contributed by atoms with van der Waals surface area (Å²) in [7, 11) is 1.68. The minimum atomic E-state index is -0.368. The van der Waals surface area contributed by atoms with Gasteiger partial charge in [-0.2, -0.15) is 10.1 Å². The van der Waals surface area contributed by atoms with E-state index in [1.54, 1.807) is 30.3 Å². The molecular weight excluding hydrogens is 460 g/mol. The summed E-state index contributed by atoms with van der Waals surface area (Å²) in [5, 5.41) is 11.6. The summed E-state index contributed by atoms with van der Waals surface area (Å²) in [6, 6.07) is 5.92. The fourth-order valence-corrected chi connectivity index (χ4v) is 4.69. The zero-order valence-corrected chi connectivity index (χ0v) is 18.7. The van der Waals surface area contributed by atoms with Gasteiger partial charge in [0.2, 0.25) is 11.9 Å². The Morgan fingerprint density at radius 3 is 2.84 bits per heavy atom. The maximum Gasteiger partial charge on any atom is 0.225 e. The van der Waals surface area contributed by atoms with Crippen molar-refractivity contribution in [2.24, 2.45) is 5.41 Å². The summed E-state index contributed by atoms with van der Waals surface area (Å²) in [5.41, 5.74) is 2.75. The summed E-state index contributed by atoms with van der Waals surface area (Å²) >= 11 is 3.51. The zero-order chi connectivity index (χ0) is 21.6. The highest BCUT2D eigenvalue weighted by atomic mass is 79.9. The molecule has 0 aliphatic heterocycles. The van der Waals surface area contributed by atoms with Crippen molar-refractivity contribution in [3.05, 3.63) is 41.4 Å². The van der Waals surface area contributed by atoms with Crippen LogP contribution in [0.15, 0.2) is 41.4 Å². The van der Waals surface area contributed by atoms with Gasteiger partial charge in [0.15, 0.2) is 5.65 Å². The highest BCUT2D eigenvalue weighted by molar-refractivity contribution is 9.10. The second-order valence-electron chi connectivity index (χ2n) is 8.09. The molecule has 0 unspecified atom stereocenters. The van der Waals surface area contributed by atoms with E-state index in [1.165, 1.54) is 0 Å². The van der Waals surface area contributed by atoms with Gasteiger partial charge in [-0.3, -0.25) is 14.8 Å². The Morgan fingerprint density at radius 2 is 2.03 bits per heavy atom. The third kappa shape index (κ3) is 3.50. The quantitative estimate of drug-likeness (QED) is 0.461. The number of carbonyl (C=O) groups is 1. The minimum Gasteiger partial charge on any atom is -0.359 e. The average Bonchev–Trinajstić information content (AvgIpc) is 3.33. The molecule has 31 heavy (non-hydrogen) atoms. The Balaban J connectivity index is 1.48. The summed E-state index contributed by atoms with van der Waals surface area (Å²) in [6.45, 7) is 2.01. The molecule has 4 aromatic rings. The van der Waals surface area contributed by atoms with E-state index in [1.807, 2.05) is 25.1 Å². The first kappa shape index (κ1) is 19.8. The van der Waals surface area contributed by atoms with Crippen molar-refractivity contribution >= 4 is 49.9 Å². The molecule has 1 amide bonds.